The van der Waals surface area contributed by atoms with E-state index in [0.717, 1.165) is 36.6 Å². The molecule has 5 nitrogen and oxygen atoms in total. The van der Waals surface area contributed by atoms with Gasteiger partial charge in [-0.05, 0) is 46.5 Å². The lowest BCUT2D eigenvalue weighted by molar-refractivity contribution is 0.532. The summed E-state index contributed by atoms with van der Waals surface area (Å²) >= 11 is 0. The molecule has 0 radical (unpaired) electrons. The van der Waals surface area contributed by atoms with E-state index in [-0.39, 0.29) is 0 Å². The number of aryl methyl sites for hydroxylation is 1. The van der Waals surface area contributed by atoms with Crippen molar-refractivity contribution in [3.8, 4) is 11.4 Å². The number of anilines is 1. The van der Waals surface area contributed by atoms with Crippen LogP contribution in [-0.4, -0.2) is 26.3 Å². The molecule has 21 heavy (non-hydrogen) atoms. The van der Waals surface area contributed by atoms with E-state index in [1.807, 2.05) is 17.1 Å². The lowest BCUT2D eigenvalue weighted by Crippen LogP contribution is -2.13. The second-order valence-corrected chi connectivity index (χ2v) is 5.86. The Hall–Kier alpha value is -1.91. The summed E-state index contributed by atoms with van der Waals surface area (Å²) in [5.74, 6) is 1.80. The van der Waals surface area contributed by atoms with Gasteiger partial charge in [0.05, 0.1) is 11.8 Å². The maximum absolute atomic E-state index is 4.79. The van der Waals surface area contributed by atoms with Crippen LogP contribution in [0.25, 0.3) is 11.4 Å². The zero-order valence-corrected chi connectivity index (χ0v) is 13.1. The molecule has 0 amide bonds. The fourth-order valence-electron chi connectivity index (χ4n) is 2.77. The van der Waals surface area contributed by atoms with Gasteiger partial charge in [-0.25, -0.2) is 9.97 Å². The molecule has 0 fully saturated rings. The molecular weight excluding hydrogens is 262 g/mol. The van der Waals surface area contributed by atoms with Gasteiger partial charge >= 0.3 is 0 Å². The molecule has 2 aromatic heterocycles. The summed E-state index contributed by atoms with van der Waals surface area (Å²) in [6.07, 6.45) is 8.50. The standard InChI is InChI=1S/C16H23N5/c1-4-17-16-13-7-5-6-8-14(13)19-15(20-16)12-9-18-21(10-12)11(2)3/h9-11H,4-8H2,1-3H3,(H,17,19,20). The second kappa shape index (κ2) is 5.84. The molecule has 0 aromatic carbocycles. The van der Waals surface area contributed by atoms with Crippen molar-refractivity contribution in [2.24, 2.45) is 0 Å². The molecule has 1 N–H and O–H groups in total. The Kier molecular flexibility index (Phi) is 3.90. The molecule has 1 aliphatic rings. The third-order valence-electron chi connectivity index (χ3n) is 3.92. The predicted octanol–water partition coefficient (Wildman–Crippen LogP) is 3.23. The summed E-state index contributed by atoms with van der Waals surface area (Å²) in [6, 6.07) is 0.351. The maximum Gasteiger partial charge on any atom is 0.164 e. The van der Waals surface area contributed by atoms with Crippen molar-refractivity contribution in [3.05, 3.63) is 23.7 Å². The van der Waals surface area contributed by atoms with E-state index in [9.17, 15) is 0 Å². The molecule has 112 valence electrons. The smallest absolute Gasteiger partial charge is 0.164 e. The number of rotatable bonds is 4. The van der Waals surface area contributed by atoms with Crippen LogP contribution in [0.2, 0.25) is 0 Å². The molecule has 1 aliphatic carbocycles. The van der Waals surface area contributed by atoms with Crippen molar-refractivity contribution in [1.29, 1.82) is 0 Å². The number of nitrogens with one attached hydrogen (secondary N) is 1. The molecule has 0 bridgehead atoms. The minimum absolute atomic E-state index is 0.351. The van der Waals surface area contributed by atoms with Gasteiger partial charge < -0.3 is 5.32 Å². The highest BCUT2D eigenvalue weighted by molar-refractivity contribution is 5.59. The Bertz CT molecular complexity index is 630. The number of fused-ring (bicyclic) bond motifs is 1. The minimum Gasteiger partial charge on any atom is -0.370 e. The van der Waals surface area contributed by atoms with E-state index in [0.29, 0.717) is 6.04 Å². The molecule has 0 saturated heterocycles. The van der Waals surface area contributed by atoms with Gasteiger partial charge in [0.15, 0.2) is 5.82 Å². The fourth-order valence-corrected chi connectivity index (χ4v) is 2.77. The highest BCUT2D eigenvalue weighted by atomic mass is 15.3. The van der Waals surface area contributed by atoms with Crippen molar-refractivity contribution in [2.45, 2.75) is 52.5 Å². The van der Waals surface area contributed by atoms with Crippen LogP contribution >= 0.6 is 0 Å². The molecule has 3 rings (SSSR count). The Morgan fingerprint density at radius 1 is 1.24 bits per heavy atom. The highest BCUT2D eigenvalue weighted by Crippen LogP contribution is 2.28. The first-order valence-electron chi connectivity index (χ1n) is 7.87. The summed E-state index contributed by atoms with van der Waals surface area (Å²) in [5.41, 5.74) is 3.51. The van der Waals surface area contributed by atoms with Gasteiger partial charge in [-0.1, -0.05) is 0 Å². The van der Waals surface area contributed by atoms with Crippen LogP contribution in [-0.2, 0) is 12.8 Å². The quantitative estimate of drug-likeness (QED) is 0.937. The predicted molar refractivity (Wildman–Crippen MR) is 84.4 cm³/mol. The molecule has 5 heteroatoms. The van der Waals surface area contributed by atoms with Crippen LogP contribution in [0.3, 0.4) is 0 Å². The van der Waals surface area contributed by atoms with Gasteiger partial charge in [-0.15, -0.1) is 0 Å². The summed E-state index contributed by atoms with van der Waals surface area (Å²) in [4.78, 5) is 9.54. The third-order valence-corrected chi connectivity index (χ3v) is 3.92. The zero-order chi connectivity index (χ0) is 14.8. The topological polar surface area (TPSA) is 55.6 Å². The van der Waals surface area contributed by atoms with Crippen LogP contribution in [0.4, 0.5) is 5.82 Å². The molecule has 0 atom stereocenters. The van der Waals surface area contributed by atoms with E-state index in [1.165, 1.54) is 24.1 Å². The lowest BCUT2D eigenvalue weighted by Gasteiger charge is -2.19. The van der Waals surface area contributed by atoms with E-state index < -0.39 is 0 Å². The Morgan fingerprint density at radius 3 is 2.76 bits per heavy atom. The molecule has 0 saturated carbocycles. The number of nitrogens with zero attached hydrogens (tertiary/aromatic N) is 4. The van der Waals surface area contributed by atoms with E-state index >= 15 is 0 Å². The first-order valence-corrected chi connectivity index (χ1v) is 7.87. The number of hydrogen-bond donors (Lipinski definition) is 1. The van der Waals surface area contributed by atoms with E-state index in [4.69, 9.17) is 9.97 Å². The van der Waals surface area contributed by atoms with E-state index in [1.54, 1.807) is 0 Å². The van der Waals surface area contributed by atoms with Gasteiger partial charge in [0.1, 0.15) is 5.82 Å². The molecule has 0 aliphatic heterocycles. The number of hydrogen-bond acceptors (Lipinski definition) is 4. The average Bonchev–Trinajstić information content (AvgIpc) is 2.97. The Balaban J connectivity index is 2.03. The fraction of sp³-hybridized carbons (Fsp3) is 0.562. The van der Waals surface area contributed by atoms with Crippen molar-refractivity contribution in [3.63, 3.8) is 0 Å². The van der Waals surface area contributed by atoms with Gasteiger partial charge in [0.2, 0.25) is 0 Å². The molecule has 2 heterocycles. The van der Waals surface area contributed by atoms with Gasteiger partial charge in [-0.3, -0.25) is 4.68 Å². The summed E-state index contributed by atoms with van der Waals surface area (Å²) in [7, 11) is 0. The molecule has 0 unspecified atom stereocenters. The maximum atomic E-state index is 4.79. The second-order valence-electron chi connectivity index (χ2n) is 5.86. The van der Waals surface area contributed by atoms with Crippen LogP contribution in [0, 0.1) is 0 Å². The van der Waals surface area contributed by atoms with Crippen LogP contribution in [0.5, 0.6) is 0 Å². The molecule has 2 aromatic rings. The van der Waals surface area contributed by atoms with Crippen molar-refractivity contribution in [2.75, 3.05) is 11.9 Å². The van der Waals surface area contributed by atoms with Crippen molar-refractivity contribution >= 4 is 5.82 Å². The van der Waals surface area contributed by atoms with E-state index in [2.05, 4.69) is 31.2 Å². The van der Waals surface area contributed by atoms with Gasteiger partial charge in [-0.2, -0.15) is 5.10 Å². The lowest BCUT2D eigenvalue weighted by atomic mass is 9.96. The highest BCUT2D eigenvalue weighted by Gasteiger charge is 2.18. The van der Waals surface area contributed by atoms with Gasteiger partial charge in [0.25, 0.3) is 0 Å². The van der Waals surface area contributed by atoms with Crippen molar-refractivity contribution in [1.82, 2.24) is 19.7 Å². The van der Waals surface area contributed by atoms with Crippen molar-refractivity contribution < 1.29 is 0 Å². The first-order chi connectivity index (χ1) is 10.2. The summed E-state index contributed by atoms with van der Waals surface area (Å²) in [6.45, 7) is 7.23. The summed E-state index contributed by atoms with van der Waals surface area (Å²) < 4.78 is 1.95. The normalized spacial score (nSPS) is 14.3. The van der Waals surface area contributed by atoms with Gasteiger partial charge in [0, 0.05) is 30.0 Å². The Morgan fingerprint density at radius 2 is 2.05 bits per heavy atom. The van der Waals surface area contributed by atoms with Crippen LogP contribution in [0.15, 0.2) is 12.4 Å². The largest absolute Gasteiger partial charge is 0.370 e. The van der Waals surface area contributed by atoms with Crippen LogP contribution < -0.4 is 5.32 Å². The molecular formula is C16H23N5. The summed E-state index contributed by atoms with van der Waals surface area (Å²) in [5, 5.41) is 7.79. The monoisotopic (exact) mass is 285 g/mol. The molecule has 0 spiro atoms. The first kappa shape index (κ1) is 14.0. The number of aromatic nitrogens is 4. The Labute approximate surface area is 125 Å². The SMILES string of the molecule is CCNc1nc(-c2cnn(C(C)C)c2)nc2c1CCCC2. The zero-order valence-electron chi connectivity index (χ0n) is 13.1. The van der Waals surface area contributed by atoms with Crippen LogP contribution in [0.1, 0.15) is 50.9 Å². The third kappa shape index (κ3) is 2.77. The minimum atomic E-state index is 0.351. The average molecular weight is 285 g/mol.